The molecular formula is C27H28BrN3O2. The van der Waals surface area contributed by atoms with Gasteiger partial charge in [-0.05, 0) is 63.1 Å². The first-order valence-electron chi connectivity index (χ1n) is 11.1. The van der Waals surface area contributed by atoms with Crippen molar-refractivity contribution in [1.29, 1.82) is 0 Å². The second kappa shape index (κ2) is 9.48. The van der Waals surface area contributed by atoms with Crippen LogP contribution in [0, 0.1) is 12.8 Å². The van der Waals surface area contributed by atoms with Gasteiger partial charge in [-0.2, -0.15) is 0 Å². The van der Waals surface area contributed by atoms with E-state index in [1.54, 1.807) is 0 Å². The molecule has 3 aromatic rings. The zero-order valence-electron chi connectivity index (χ0n) is 19.4. The van der Waals surface area contributed by atoms with E-state index in [2.05, 4.69) is 68.9 Å². The number of nitrogens with zero attached hydrogens (tertiary/aromatic N) is 2. The summed E-state index contributed by atoms with van der Waals surface area (Å²) >= 11 is 3.57. The van der Waals surface area contributed by atoms with Crippen LogP contribution in [-0.2, 0) is 16.0 Å². The number of dihydropyridines is 1. The third-order valence-corrected chi connectivity index (χ3v) is 6.91. The topological polar surface area (TPSA) is 63.5 Å². The molecule has 0 fully saturated rings. The smallest absolute Gasteiger partial charge is 0.254 e. The number of allylic oxidation sites excluding steroid dienone is 1. The Hall–Kier alpha value is -2.99. The summed E-state index contributed by atoms with van der Waals surface area (Å²) in [6.07, 6.45) is 2.16. The van der Waals surface area contributed by atoms with Crippen molar-refractivity contribution in [1.82, 2.24) is 9.88 Å². The third-order valence-electron chi connectivity index (χ3n) is 6.42. The lowest BCUT2D eigenvalue weighted by Gasteiger charge is -2.19. The first kappa shape index (κ1) is 23.2. The van der Waals surface area contributed by atoms with E-state index in [1.807, 2.05) is 44.2 Å². The zero-order valence-corrected chi connectivity index (χ0v) is 20.9. The van der Waals surface area contributed by atoms with Gasteiger partial charge >= 0.3 is 0 Å². The van der Waals surface area contributed by atoms with E-state index in [4.69, 9.17) is 0 Å². The summed E-state index contributed by atoms with van der Waals surface area (Å²) in [6.45, 7) is 8.24. The molecule has 2 atom stereocenters. The van der Waals surface area contributed by atoms with Gasteiger partial charge in [0.2, 0.25) is 5.91 Å². The Bertz CT molecular complexity index is 1300. The second-order valence-electron chi connectivity index (χ2n) is 8.70. The Kier molecular flexibility index (Phi) is 6.66. The molecule has 2 amide bonds. The molecule has 5 nitrogen and oxygen atoms in total. The van der Waals surface area contributed by atoms with Crippen molar-refractivity contribution in [2.75, 3.05) is 6.54 Å². The average molecular weight is 506 g/mol. The summed E-state index contributed by atoms with van der Waals surface area (Å²) in [7, 11) is 0. The molecule has 1 aliphatic rings. The van der Waals surface area contributed by atoms with Crippen LogP contribution in [0.5, 0.6) is 0 Å². The lowest BCUT2D eigenvalue weighted by Crippen LogP contribution is -2.35. The highest BCUT2D eigenvalue weighted by atomic mass is 79.9. The minimum absolute atomic E-state index is 0.0945. The molecule has 2 aromatic carbocycles. The maximum Gasteiger partial charge on any atom is 0.254 e. The van der Waals surface area contributed by atoms with E-state index in [0.717, 1.165) is 32.2 Å². The van der Waals surface area contributed by atoms with Gasteiger partial charge in [0.15, 0.2) is 0 Å². The van der Waals surface area contributed by atoms with Crippen LogP contribution < -0.4 is 5.32 Å². The molecule has 0 aliphatic carbocycles. The number of aromatic nitrogens is 1. The summed E-state index contributed by atoms with van der Waals surface area (Å²) in [6, 6.07) is 16.6. The molecule has 33 heavy (non-hydrogen) atoms. The van der Waals surface area contributed by atoms with Crippen LogP contribution in [0.3, 0.4) is 0 Å². The quantitative estimate of drug-likeness (QED) is 0.477. The lowest BCUT2D eigenvalue weighted by atomic mass is 9.95. The van der Waals surface area contributed by atoms with Crippen LogP contribution in [0.2, 0.25) is 0 Å². The molecule has 6 heteroatoms. The van der Waals surface area contributed by atoms with Gasteiger partial charge in [0.05, 0.1) is 18.4 Å². The van der Waals surface area contributed by atoms with E-state index >= 15 is 0 Å². The van der Waals surface area contributed by atoms with E-state index < -0.39 is 5.92 Å². The number of aliphatic imine (C=N–C) groups is 1. The number of hydrogen-bond donors (Lipinski definition) is 1. The Balaban J connectivity index is 1.59. The van der Waals surface area contributed by atoms with E-state index in [-0.39, 0.29) is 30.8 Å². The normalized spacial score (nSPS) is 17.0. The Morgan fingerprint density at radius 3 is 2.64 bits per heavy atom. The predicted octanol–water partition coefficient (Wildman–Crippen LogP) is 5.54. The number of carbonyl (C=O) groups excluding carboxylic acids is 2. The first-order chi connectivity index (χ1) is 15.8. The minimum atomic E-state index is -0.392. The number of rotatable bonds is 6. The summed E-state index contributed by atoms with van der Waals surface area (Å²) in [5, 5.41) is 4.04. The maximum atomic E-state index is 12.9. The molecule has 170 valence electrons. The molecule has 0 spiro atoms. The molecule has 0 saturated carbocycles. The molecule has 0 bridgehead atoms. The van der Waals surface area contributed by atoms with Crippen molar-refractivity contribution in [3.8, 4) is 0 Å². The number of nitrogens with one attached hydrogen (secondary N) is 1. The number of halogens is 1. The number of benzene rings is 2. The highest BCUT2D eigenvalue weighted by molar-refractivity contribution is 9.10. The van der Waals surface area contributed by atoms with Gasteiger partial charge in [0, 0.05) is 33.3 Å². The second-order valence-corrected chi connectivity index (χ2v) is 9.61. The largest absolute Gasteiger partial charge is 0.355 e. The SMILES string of the molecule is CC1=CC(C)=NC(=O)C1CNC(=O)Cc1c(C)n(C(C)c2cccc(Br)c2)c2ccccc12. The molecule has 2 heterocycles. The van der Waals surface area contributed by atoms with E-state index in [9.17, 15) is 9.59 Å². The first-order valence-corrected chi connectivity index (χ1v) is 11.9. The molecule has 1 aromatic heterocycles. The van der Waals surface area contributed by atoms with Gasteiger partial charge in [-0.15, -0.1) is 0 Å². The number of amides is 2. The molecule has 4 rings (SSSR count). The number of carbonyl (C=O) groups is 2. The van der Waals surface area contributed by atoms with E-state index in [0.29, 0.717) is 5.71 Å². The third kappa shape index (κ3) is 4.71. The van der Waals surface area contributed by atoms with Crippen LogP contribution >= 0.6 is 15.9 Å². The van der Waals surface area contributed by atoms with Crippen molar-refractivity contribution < 1.29 is 9.59 Å². The highest BCUT2D eigenvalue weighted by Gasteiger charge is 2.25. The summed E-state index contributed by atoms with van der Waals surface area (Å²) in [4.78, 5) is 29.2. The Labute approximate surface area is 202 Å². The number of para-hydroxylation sites is 1. The number of fused-ring (bicyclic) bond motifs is 1. The summed E-state index contributed by atoms with van der Waals surface area (Å²) in [5.41, 5.74) is 6.03. The van der Waals surface area contributed by atoms with Gasteiger partial charge in [-0.25, -0.2) is 4.99 Å². The number of hydrogen-bond acceptors (Lipinski definition) is 2. The van der Waals surface area contributed by atoms with Crippen molar-refractivity contribution >= 4 is 44.4 Å². The molecule has 1 aliphatic heterocycles. The Morgan fingerprint density at radius 1 is 1.15 bits per heavy atom. The van der Waals surface area contributed by atoms with Crippen LogP contribution in [0.4, 0.5) is 0 Å². The van der Waals surface area contributed by atoms with Gasteiger partial charge in [-0.1, -0.05) is 51.8 Å². The highest BCUT2D eigenvalue weighted by Crippen LogP contribution is 2.33. The molecule has 0 saturated heterocycles. The standard InChI is InChI=1S/C27H28BrN3O2/c1-16-12-17(2)30-27(33)24(16)15-29-26(32)14-23-19(4)31(25-11-6-5-10-22(23)25)18(3)20-8-7-9-21(28)13-20/h5-13,18,24H,14-15H2,1-4H3,(H,29,32). The van der Waals surface area contributed by atoms with Crippen molar-refractivity contribution in [2.45, 2.75) is 40.2 Å². The molecular weight excluding hydrogens is 478 g/mol. The summed E-state index contributed by atoms with van der Waals surface area (Å²) < 4.78 is 3.34. The maximum absolute atomic E-state index is 12.9. The lowest BCUT2D eigenvalue weighted by molar-refractivity contribution is -0.122. The van der Waals surface area contributed by atoms with Crippen LogP contribution in [-0.4, -0.2) is 28.6 Å². The average Bonchev–Trinajstić information content (AvgIpc) is 3.04. The summed E-state index contributed by atoms with van der Waals surface area (Å²) in [5.74, 6) is -0.678. The fourth-order valence-corrected chi connectivity index (χ4v) is 5.11. The van der Waals surface area contributed by atoms with Crippen LogP contribution in [0.1, 0.15) is 43.6 Å². The Morgan fingerprint density at radius 2 is 1.91 bits per heavy atom. The van der Waals surface area contributed by atoms with Crippen LogP contribution in [0.25, 0.3) is 10.9 Å². The molecule has 1 N–H and O–H groups in total. The van der Waals surface area contributed by atoms with Crippen molar-refractivity contribution in [2.24, 2.45) is 10.9 Å². The van der Waals surface area contributed by atoms with Gasteiger partial charge in [0.1, 0.15) is 0 Å². The van der Waals surface area contributed by atoms with Gasteiger partial charge in [-0.3, -0.25) is 9.59 Å². The molecule has 2 unspecified atom stereocenters. The predicted molar refractivity (Wildman–Crippen MR) is 137 cm³/mol. The minimum Gasteiger partial charge on any atom is -0.355 e. The van der Waals surface area contributed by atoms with Crippen molar-refractivity contribution in [3.63, 3.8) is 0 Å². The van der Waals surface area contributed by atoms with Gasteiger partial charge < -0.3 is 9.88 Å². The van der Waals surface area contributed by atoms with Gasteiger partial charge in [0.25, 0.3) is 5.91 Å². The monoisotopic (exact) mass is 505 g/mol. The zero-order chi connectivity index (χ0) is 23.7. The molecule has 0 radical (unpaired) electrons. The van der Waals surface area contributed by atoms with Crippen LogP contribution in [0.15, 0.2) is 69.6 Å². The fourth-order valence-electron chi connectivity index (χ4n) is 4.69. The fraction of sp³-hybridized carbons (Fsp3) is 0.296. The van der Waals surface area contributed by atoms with E-state index in [1.165, 1.54) is 5.56 Å². The van der Waals surface area contributed by atoms with Crippen molar-refractivity contribution in [3.05, 3.63) is 81.5 Å².